The molecule has 3 nitrogen and oxygen atoms in total. The topological polar surface area (TPSA) is 46.5 Å². The van der Waals surface area contributed by atoms with E-state index in [2.05, 4.69) is 0 Å². The number of fused-ring (bicyclic) bond motifs is 2. The van der Waals surface area contributed by atoms with Gasteiger partial charge in [-0.1, -0.05) is 60.7 Å². The van der Waals surface area contributed by atoms with Crippen LogP contribution in [0.4, 0.5) is 0 Å². The van der Waals surface area contributed by atoms with Gasteiger partial charge in [-0.15, -0.1) is 0 Å². The number of hydrogen-bond acceptors (Lipinski definition) is 3. The van der Waals surface area contributed by atoms with Crippen molar-refractivity contribution in [2.45, 2.75) is 0 Å². The molecule has 0 saturated carbocycles. The Labute approximate surface area is 138 Å². The van der Waals surface area contributed by atoms with E-state index in [1.54, 1.807) is 18.2 Å². The molecule has 4 aromatic rings. The summed E-state index contributed by atoms with van der Waals surface area (Å²) in [6, 6.07) is 23.7. The second kappa shape index (κ2) is 5.70. The summed E-state index contributed by atoms with van der Waals surface area (Å²) in [7, 11) is 0. The van der Waals surface area contributed by atoms with Crippen molar-refractivity contribution in [2.24, 2.45) is 0 Å². The Bertz CT molecular complexity index is 1060. The summed E-state index contributed by atoms with van der Waals surface area (Å²) in [5.41, 5.74) is 0.519. The lowest BCUT2D eigenvalue weighted by Gasteiger charge is -2.10. The van der Waals surface area contributed by atoms with Crippen molar-refractivity contribution in [3.8, 4) is 11.5 Å². The van der Waals surface area contributed by atoms with Crippen LogP contribution in [0.25, 0.3) is 21.5 Å². The number of carbonyl (C=O) groups is 1. The molecule has 0 atom stereocenters. The highest BCUT2D eigenvalue weighted by Gasteiger charge is 2.14. The molecule has 0 unspecified atom stereocenters. The van der Waals surface area contributed by atoms with E-state index in [1.807, 2.05) is 54.6 Å². The van der Waals surface area contributed by atoms with Crippen LogP contribution in [0.15, 0.2) is 78.9 Å². The first-order chi connectivity index (χ1) is 11.7. The molecule has 0 bridgehead atoms. The molecule has 24 heavy (non-hydrogen) atoms. The van der Waals surface area contributed by atoms with Crippen LogP contribution in [0.1, 0.15) is 10.4 Å². The van der Waals surface area contributed by atoms with Gasteiger partial charge in [0.1, 0.15) is 11.5 Å². The second-order valence-corrected chi connectivity index (χ2v) is 5.54. The minimum atomic E-state index is -0.414. The fourth-order valence-electron chi connectivity index (χ4n) is 2.90. The number of ether oxygens (including phenoxy) is 1. The van der Waals surface area contributed by atoms with Gasteiger partial charge in [0.2, 0.25) is 0 Å². The molecule has 0 fully saturated rings. The zero-order chi connectivity index (χ0) is 16.5. The lowest BCUT2D eigenvalue weighted by atomic mass is 10.0. The third kappa shape index (κ3) is 2.36. The van der Waals surface area contributed by atoms with Crippen LogP contribution in [0, 0.1) is 0 Å². The number of benzene rings is 4. The predicted octanol–water partition coefficient (Wildman–Crippen LogP) is 4.92. The normalized spacial score (nSPS) is 10.8. The maximum Gasteiger partial charge on any atom is 0.344 e. The van der Waals surface area contributed by atoms with E-state index in [0.29, 0.717) is 22.1 Å². The summed E-state index contributed by atoms with van der Waals surface area (Å²) in [5.74, 6) is 0.180. The molecule has 116 valence electrons. The fourth-order valence-corrected chi connectivity index (χ4v) is 2.90. The van der Waals surface area contributed by atoms with Gasteiger partial charge in [0.15, 0.2) is 0 Å². The average molecular weight is 314 g/mol. The SMILES string of the molecule is O=C(Oc1ccc(O)c2ccccc12)c1cccc2ccccc12. The van der Waals surface area contributed by atoms with Crippen LogP contribution in [0.5, 0.6) is 11.5 Å². The zero-order valence-electron chi connectivity index (χ0n) is 12.8. The van der Waals surface area contributed by atoms with Gasteiger partial charge < -0.3 is 9.84 Å². The molecule has 0 aliphatic carbocycles. The van der Waals surface area contributed by atoms with Crippen molar-refractivity contribution < 1.29 is 14.6 Å². The van der Waals surface area contributed by atoms with E-state index in [1.165, 1.54) is 6.07 Å². The quantitative estimate of drug-likeness (QED) is 0.422. The van der Waals surface area contributed by atoms with Crippen LogP contribution >= 0.6 is 0 Å². The highest BCUT2D eigenvalue weighted by Crippen LogP contribution is 2.33. The van der Waals surface area contributed by atoms with E-state index >= 15 is 0 Å². The minimum Gasteiger partial charge on any atom is -0.507 e. The molecule has 0 aliphatic heterocycles. The first kappa shape index (κ1) is 14.3. The number of esters is 1. The highest BCUT2D eigenvalue weighted by molar-refractivity contribution is 6.06. The summed E-state index contributed by atoms with van der Waals surface area (Å²) >= 11 is 0. The third-order valence-corrected chi connectivity index (χ3v) is 4.07. The second-order valence-electron chi connectivity index (χ2n) is 5.54. The monoisotopic (exact) mass is 314 g/mol. The molecule has 4 rings (SSSR count). The van der Waals surface area contributed by atoms with Crippen LogP contribution in [-0.4, -0.2) is 11.1 Å². The fraction of sp³-hybridized carbons (Fsp3) is 0. The molecular weight excluding hydrogens is 300 g/mol. The lowest BCUT2D eigenvalue weighted by molar-refractivity contribution is 0.0739. The Balaban J connectivity index is 1.78. The Morgan fingerprint density at radius 1 is 0.708 bits per heavy atom. The maximum absolute atomic E-state index is 12.7. The molecule has 0 amide bonds. The minimum absolute atomic E-state index is 0.163. The summed E-state index contributed by atoms with van der Waals surface area (Å²) in [5, 5.41) is 13.1. The van der Waals surface area contributed by atoms with E-state index in [-0.39, 0.29) is 5.75 Å². The van der Waals surface area contributed by atoms with Gasteiger partial charge in [-0.05, 0) is 29.0 Å². The molecule has 0 radical (unpaired) electrons. The summed E-state index contributed by atoms with van der Waals surface area (Å²) in [4.78, 5) is 12.7. The number of phenols is 1. The summed E-state index contributed by atoms with van der Waals surface area (Å²) in [6.45, 7) is 0. The Hall–Kier alpha value is -3.33. The van der Waals surface area contributed by atoms with E-state index in [4.69, 9.17) is 4.74 Å². The highest BCUT2D eigenvalue weighted by atomic mass is 16.5. The summed E-state index contributed by atoms with van der Waals surface area (Å²) in [6.07, 6.45) is 0. The average Bonchev–Trinajstić information content (AvgIpc) is 2.64. The first-order valence-corrected chi connectivity index (χ1v) is 7.65. The van der Waals surface area contributed by atoms with Crippen LogP contribution in [-0.2, 0) is 0 Å². The lowest BCUT2D eigenvalue weighted by Crippen LogP contribution is -2.09. The third-order valence-electron chi connectivity index (χ3n) is 4.07. The van der Waals surface area contributed by atoms with Gasteiger partial charge in [0.05, 0.1) is 5.56 Å². The molecule has 0 heterocycles. The Morgan fingerprint density at radius 2 is 1.38 bits per heavy atom. The molecular formula is C21H14O3. The van der Waals surface area contributed by atoms with Gasteiger partial charge in [-0.25, -0.2) is 4.79 Å². The number of aromatic hydroxyl groups is 1. The van der Waals surface area contributed by atoms with Crippen molar-refractivity contribution in [2.75, 3.05) is 0 Å². The largest absolute Gasteiger partial charge is 0.507 e. The first-order valence-electron chi connectivity index (χ1n) is 7.65. The Morgan fingerprint density at radius 3 is 2.21 bits per heavy atom. The van der Waals surface area contributed by atoms with Gasteiger partial charge >= 0.3 is 5.97 Å². The van der Waals surface area contributed by atoms with Crippen molar-refractivity contribution in [1.29, 1.82) is 0 Å². The van der Waals surface area contributed by atoms with Crippen molar-refractivity contribution in [3.63, 3.8) is 0 Å². The van der Waals surface area contributed by atoms with Gasteiger partial charge in [0, 0.05) is 10.8 Å². The van der Waals surface area contributed by atoms with Gasteiger partial charge in [0.25, 0.3) is 0 Å². The van der Waals surface area contributed by atoms with Gasteiger partial charge in [-0.2, -0.15) is 0 Å². The molecule has 4 aromatic carbocycles. The molecule has 1 N–H and O–H groups in total. The maximum atomic E-state index is 12.7. The zero-order valence-corrected chi connectivity index (χ0v) is 12.8. The van der Waals surface area contributed by atoms with E-state index in [9.17, 15) is 9.90 Å². The van der Waals surface area contributed by atoms with Gasteiger partial charge in [-0.3, -0.25) is 0 Å². The van der Waals surface area contributed by atoms with Crippen molar-refractivity contribution in [1.82, 2.24) is 0 Å². The van der Waals surface area contributed by atoms with Crippen LogP contribution in [0.3, 0.4) is 0 Å². The number of rotatable bonds is 2. The van der Waals surface area contributed by atoms with Crippen molar-refractivity contribution >= 4 is 27.5 Å². The molecule has 0 aromatic heterocycles. The van der Waals surface area contributed by atoms with Crippen molar-refractivity contribution in [3.05, 3.63) is 84.4 Å². The van der Waals surface area contributed by atoms with Crippen LogP contribution in [0.2, 0.25) is 0 Å². The van der Waals surface area contributed by atoms with Crippen LogP contribution < -0.4 is 4.74 Å². The number of phenolic OH excluding ortho intramolecular Hbond substituents is 1. The molecule has 0 saturated heterocycles. The molecule has 0 spiro atoms. The molecule has 3 heteroatoms. The molecule has 0 aliphatic rings. The number of carbonyl (C=O) groups excluding carboxylic acids is 1. The Kier molecular flexibility index (Phi) is 3.39. The van der Waals surface area contributed by atoms with E-state index in [0.717, 1.165) is 10.8 Å². The summed E-state index contributed by atoms with van der Waals surface area (Å²) < 4.78 is 5.63. The smallest absolute Gasteiger partial charge is 0.344 e. The van der Waals surface area contributed by atoms with E-state index < -0.39 is 5.97 Å². The standard InChI is InChI=1S/C21H14O3/c22-19-12-13-20(17-10-4-3-9-16(17)19)24-21(23)18-11-5-7-14-6-1-2-8-15(14)18/h1-13,22H. The number of hydrogen-bond donors (Lipinski definition) is 1. The predicted molar refractivity (Wildman–Crippen MR) is 94.5 cm³/mol.